The lowest BCUT2D eigenvalue weighted by Gasteiger charge is -2.37. The van der Waals surface area contributed by atoms with Crippen LogP contribution in [0.2, 0.25) is 0 Å². The van der Waals surface area contributed by atoms with E-state index in [4.69, 9.17) is 0 Å². The third kappa shape index (κ3) is 5.19. The molecule has 6 nitrogen and oxygen atoms in total. The number of aromatic nitrogens is 2. The van der Waals surface area contributed by atoms with Crippen molar-refractivity contribution in [2.45, 2.75) is 52.5 Å². The van der Waals surface area contributed by atoms with Crippen molar-refractivity contribution in [1.29, 1.82) is 0 Å². The maximum absolute atomic E-state index is 13.3. The lowest BCUT2D eigenvalue weighted by molar-refractivity contribution is 0.0900. The Morgan fingerprint density at radius 3 is 2.24 bits per heavy atom. The summed E-state index contributed by atoms with van der Waals surface area (Å²) in [6.07, 6.45) is 5.18. The molecule has 3 rings (SSSR count). The van der Waals surface area contributed by atoms with E-state index in [1.807, 2.05) is 0 Å². The monoisotopic (exact) mass is 404 g/mol. The van der Waals surface area contributed by atoms with Gasteiger partial charge < -0.3 is 10.6 Å². The zero-order chi connectivity index (χ0) is 21.2. The average Bonchev–Trinajstić information content (AvgIpc) is 3.09. The van der Waals surface area contributed by atoms with Gasteiger partial charge in [0.15, 0.2) is 0 Å². The largest absolute Gasteiger partial charge is 0.348 e. The summed E-state index contributed by atoms with van der Waals surface area (Å²) in [6, 6.07) is 2.59. The van der Waals surface area contributed by atoms with Gasteiger partial charge in [0.2, 0.25) is 0 Å². The average molecular weight is 404 g/mol. The van der Waals surface area contributed by atoms with E-state index in [0.717, 1.165) is 37.8 Å². The van der Waals surface area contributed by atoms with E-state index in [2.05, 4.69) is 41.6 Å². The van der Waals surface area contributed by atoms with Crippen LogP contribution in [0.3, 0.4) is 0 Å². The van der Waals surface area contributed by atoms with Crippen LogP contribution in [-0.2, 0) is 0 Å². The number of anilines is 1. The van der Waals surface area contributed by atoms with Gasteiger partial charge in [-0.05, 0) is 49.1 Å². The highest BCUT2D eigenvalue weighted by atomic mass is 19.1. The zero-order valence-corrected chi connectivity index (χ0v) is 16.8. The highest BCUT2D eigenvalue weighted by Crippen LogP contribution is 2.37. The number of aromatic amines is 1. The SMILES string of the molecule is CC(C)(C)C1CCC(NC(=O)c2[nH]ncc2NC(=O)c2cc(F)cc(F)c2)CC1. The molecule has 3 N–H and O–H groups in total. The van der Waals surface area contributed by atoms with Crippen molar-refractivity contribution >= 4 is 17.5 Å². The third-order valence-corrected chi connectivity index (χ3v) is 5.53. The van der Waals surface area contributed by atoms with Crippen molar-refractivity contribution in [2.24, 2.45) is 11.3 Å². The van der Waals surface area contributed by atoms with Crippen LogP contribution in [0.1, 0.15) is 67.3 Å². The van der Waals surface area contributed by atoms with Gasteiger partial charge in [-0.25, -0.2) is 8.78 Å². The van der Waals surface area contributed by atoms with E-state index in [-0.39, 0.29) is 34.3 Å². The van der Waals surface area contributed by atoms with Crippen LogP contribution < -0.4 is 10.6 Å². The molecule has 0 bridgehead atoms. The smallest absolute Gasteiger partial charge is 0.271 e. The maximum Gasteiger partial charge on any atom is 0.271 e. The van der Waals surface area contributed by atoms with E-state index in [0.29, 0.717) is 12.0 Å². The number of nitrogens with zero attached hydrogens (tertiary/aromatic N) is 1. The summed E-state index contributed by atoms with van der Waals surface area (Å²) in [5.41, 5.74) is 0.330. The second kappa shape index (κ2) is 8.31. The lowest BCUT2D eigenvalue weighted by Crippen LogP contribution is -2.39. The Kier molecular flexibility index (Phi) is 6.00. The molecule has 2 aromatic rings. The van der Waals surface area contributed by atoms with Gasteiger partial charge in [-0.1, -0.05) is 20.8 Å². The molecule has 0 atom stereocenters. The van der Waals surface area contributed by atoms with Gasteiger partial charge in [0.25, 0.3) is 11.8 Å². The predicted octanol–water partition coefficient (Wildman–Crippen LogP) is 4.27. The fraction of sp³-hybridized carbons (Fsp3) is 0.476. The Hall–Kier alpha value is -2.77. The maximum atomic E-state index is 13.3. The van der Waals surface area contributed by atoms with E-state index in [1.165, 1.54) is 6.20 Å². The van der Waals surface area contributed by atoms with E-state index < -0.39 is 17.5 Å². The molecule has 0 aliphatic heterocycles. The van der Waals surface area contributed by atoms with Crippen molar-refractivity contribution < 1.29 is 18.4 Å². The molecule has 1 heterocycles. The van der Waals surface area contributed by atoms with Crippen molar-refractivity contribution in [1.82, 2.24) is 15.5 Å². The van der Waals surface area contributed by atoms with E-state index in [9.17, 15) is 18.4 Å². The molecule has 1 aromatic carbocycles. The van der Waals surface area contributed by atoms with Crippen molar-refractivity contribution in [3.8, 4) is 0 Å². The van der Waals surface area contributed by atoms with Crippen LogP contribution in [0.5, 0.6) is 0 Å². The fourth-order valence-electron chi connectivity index (χ4n) is 3.79. The number of hydrogen-bond donors (Lipinski definition) is 3. The van der Waals surface area contributed by atoms with Gasteiger partial charge in [0.1, 0.15) is 17.3 Å². The molecular weight excluding hydrogens is 378 g/mol. The minimum absolute atomic E-state index is 0.0604. The molecule has 0 spiro atoms. The molecule has 0 unspecified atom stereocenters. The number of hydrogen-bond acceptors (Lipinski definition) is 3. The van der Waals surface area contributed by atoms with Gasteiger partial charge in [-0.15, -0.1) is 0 Å². The molecule has 1 saturated carbocycles. The van der Waals surface area contributed by atoms with Crippen LogP contribution in [0, 0.1) is 23.0 Å². The first-order chi connectivity index (χ1) is 13.6. The molecule has 0 radical (unpaired) electrons. The Bertz CT molecular complexity index is 876. The van der Waals surface area contributed by atoms with Crippen LogP contribution in [0.15, 0.2) is 24.4 Å². The summed E-state index contributed by atoms with van der Waals surface area (Å²) in [4.78, 5) is 24.9. The molecule has 0 saturated heterocycles. The minimum Gasteiger partial charge on any atom is -0.348 e. The summed E-state index contributed by atoms with van der Waals surface area (Å²) in [5.74, 6) is -2.19. The molecule has 2 amide bonds. The van der Waals surface area contributed by atoms with Crippen LogP contribution >= 0.6 is 0 Å². The first-order valence-electron chi connectivity index (χ1n) is 9.75. The van der Waals surface area contributed by atoms with E-state index in [1.54, 1.807) is 0 Å². The standard InChI is InChI=1S/C21H26F2N4O2/c1-21(2,3)13-4-6-16(7-5-13)25-20(29)18-17(11-24-27-18)26-19(28)12-8-14(22)10-15(23)9-12/h8-11,13,16H,4-7H2,1-3H3,(H,24,27)(H,25,29)(H,26,28). The Labute approximate surface area is 168 Å². The van der Waals surface area contributed by atoms with Crippen LogP contribution in [0.4, 0.5) is 14.5 Å². The van der Waals surface area contributed by atoms with Crippen molar-refractivity contribution in [3.05, 3.63) is 47.3 Å². The summed E-state index contributed by atoms with van der Waals surface area (Å²) in [6.45, 7) is 6.71. The first kappa shape index (κ1) is 21.0. The molecule has 156 valence electrons. The molecule has 8 heteroatoms. The second-order valence-corrected chi connectivity index (χ2v) is 8.66. The molecular formula is C21H26F2N4O2. The van der Waals surface area contributed by atoms with Crippen molar-refractivity contribution in [3.63, 3.8) is 0 Å². The van der Waals surface area contributed by atoms with Crippen LogP contribution in [-0.4, -0.2) is 28.1 Å². The van der Waals surface area contributed by atoms with Gasteiger partial charge in [-0.2, -0.15) is 5.10 Å². The molecule has 29 heavy (non-hydrogen) atoms. The summed E-state index contributed by atoms with van der Waals surface area (Å²) in [7, 11) is 0. The van der Waals surface area contributed by atoms with Gasteiger partial charge in [0.05, 0.1) is 11.9 Å². The van der Waals surface area contributed by atoms with Gasteiger partial charge in [-0.3, -0.25) is 14.7 Å². The number of carbonyl (C=O) groups excluding carboxylic acids is 2. The number of amides is 2. The van der Waals surface area contributed by atoms with Crippen LogP contribution in [0.25, 0.3) is 0 Å². The number of benzene rings is 1. The number of rotatable bonds is 4. The van der Waals surface area contributed by atoms with Gasteiger partial charge >= 0.3 is 0 Å². The Morgan fingerprint density at radius 1 is 1.03 bits per heavy atom. The predicted molar refractivity (Wildman–Crippen MR) is 106 cm³/mol. The Balaban J connectivity index is 1.62. The quantitative estimate of drug-likeness (QED) is 0.711. The van der Waals surface area contributed by atoms with Gasteiger partial charge in [0, 0.05) is 17.7 Å². The third-order valence-electron chi connectivity index (χ3n) is 5.53. The number of nitrogens with one attached hydrogen (secondary N) is 3. The fourth-order valence-corrected chi connectivity index (χ4v) is 3.79. The molecule has 1 fully saturated rings. The number of carbonyl (C=O) groups is 2. The first-order valence-corrected chi connectivity index (χ1v) is 9.75. The lowest BCUT2D eigenvalue weighted by atomic mass is 9.71. The molecule has 1 aromatic heterocycles. The highest BCUT2D eigenvalue weighted by molar-refractivity contribution is 6.08. The number of halogens is 2. The summed E-state index contributed by atoms with van der Waals surface area (Å²) >= 11 is 0. The summed E-state index contributed by atoms with van der Waals surface area (Å²) < 4.78 is 26.7. The van der Waals surface area contributed by atoms with Crippen molar-refractivity contribution in [2.75, 3.05) is 5.32 Å². The number of H-pyrrole nitrogens is 1. The zero-order valence-electron chi connectivity index (χ0n) is 16.8. The topological polar surface area (TPSA) is 86.9 Å². The summed E-state index contributed by atoms with van der Waals surface area (Å²) in [5, 5.41) is 11.9. The molecule has 1 aliphatic carbocycles. The van der Waals surface area contributed by atoms with E-state index >= 15 is 0 Å². The minimum atomic E-state index is -0.855. The second-order valence-electron chi connectivity index (χ2n) is 8.66. The normalized spacial score (nSPS) is 19.6. The highest BCUT2D eigenvalue weighted by Gasteiger charge is 2.30. The molecule has 1 aliphatic rings. The Morgan fingerprint density at radius 2 is 1.66 bits per heavy atom.